The molecule has 0 atom stereocenters. The number of ether oxygens (including phenoxy) is 1. The number of carbonyl (C=O) groups excluding carboxylic acids is 1. The highest BCUT2D eigenvalue weighted by atomic mass is 32.1. The number of carbonyl (C=O) groups is 1. The van der Waals surface area contributed by atoms with E-state index in [1.165, 1.54) is 15.3 Å². The number of rotatable bonds is 8. The minimum absolute atomic E-state index is 0.0378. The molecule has 0 aliphatic carbocycles. The SMILES string of the molecule is O=C(NCC[NH+]1CCOCC1)c1cc2ccsc2n1CCCc1ccccc1. The van der Waals surface area contributed by atoms with Gasteiger partial charge in [-0.3, -0.25) is 4.79 Å². The number of quaternary nitrogens is 1. The van der Waals surface area contributed by atoms with Crippen LogP contribution in [0.2, 0.25) is 0 Å². The molecule has 1 aliphatic rings. The molecule has 0 spiro atoms. The molecule has 5 nitrogen and oxygen atoms in total. The molecule has 148 valence electrons. The van der Waals surface area contributed by atoms with E-state index in [-0.39, 0.29) is 5.91 Å². The summed E-state index contributed by atoms with van der Waals surface area (Å²) in [6.07, 6.45) is 2.04. The molecular formula is C22H28N3O2S+. The Morgan fingerprint density at radius 3 is 2.82 bits per heavy atom. The smallest absolute Gasteiger partial charge is 0.268 e. The Hall–Kier alpha value is -2.15. The monoisotopic (exact) mass is 398 g/mol. The largest absolute Gasteiger partial charge is 0.370 e. The van der Waals surface area contributed by atoms with Gasteiger partial charge in [0.25, 0.3) is 5.91 Å². The molecule has 1 fully saturated rings. The minimum atomic E-state index is 0.0378. The molecule has 0 bridgehead atoms. The fourth-order valence-corrected chi connectivity index (χ4v) is 4.75. The number of hydrogen-bond acceptors (Lipinski definition) is 3. The van der Waals surface area contributed by atoms with Crippen molar-refractivity contribution in [3.05, 3.63) is 59.1 Å². The number of morpholine rings is 1. The molecule has 4 rings (SSSR count). The summed E-state index contributed by atoms with van der Waals surface area (Å²) in [6, 6.07) is 14.7. The zero-order valence-corrected chi connectivity index (χ0v) is 17.0. The minimum Gasteiger partial charge on any atom is -0.370 e. The lowest BCUT2D eigenvalue weighted by Gasteiger charge is -2.23. The summed E-state index contributed by atoms with van der Waals surface area (Å²) in [5.74, 6) is 0.0378. The van der Waals surface area contributed by atoms with Gasteiger partial charge in [-0.05, 0) is 35.9 Å². The standard InChI is InChI=1S/C22H27N3O2S/c26-21(23-9-11-24-12-14-27-15-13-24)20-17-19-8-16-28-22(19)25(20)10-4-7-18-5-2-1-3-6-18/h1-3,5-6,8,16-17H,4,7,9-15H2,(H,23,26)/p+1. The van der Waals surface area contributed by atoms with Gasteiger partial charge in [0.2, 0.25) is 0 Å². The molecular weight excluding hydrogens is 370 g/mol. The normalized spacial score (nSPS) is 15.1. The number of hydrogen-bond donors (Lipinski definition) is 2. The second kappa shape index (κ2) is 9.37. The van der Waals surface area contributed by atoms with Gasteiger partial charge >= 0.3 is 0 Å². The van der Waals surface area contributed by atoms with Gasteiger partial charge in [-0.1, -0.05) is 30.3 Å². The van der Waals surface area contributed by atoms with E-state index in [1.807, 2.05) is 12.1 Å². The maximum absolute atomic E-state index is 12.8. The van der Waals surface area contributed by atoms with E-state index in [0.717, 1.165) is 63.3 Å². The number of amides is 1. The molecule has 28 heavy (non-hydrogen) atoms. The summed E-state index contributed by atoms with van der Waals surface area (Å²) in [7, 11) is 0. The molecule has 2 N–H and O–H groups in total. The lowest BCUT2D eigenvalue weighted by Crippen LogP contribution is -3.14. The van der Waals surface area contributed by atoms with E-state index in [0.29, 0.717) is 6.54 Å². The first kappa shape index (κ1) is 19.2. The van der Waals surface area contributed by atoms with Crippen LogP contribution in [-0.4, -0.2) is 49.9 Å². The number of aryl methyl sites for hydroxylation is 2. The highest BCUT2D eigenvalue weighted by Crippen LogP contribution is 2.26. The molecule has 1 saturated heterocycles. The quantitative estimate of drug-likeness (QED) is 0.610. The van der Waals surface area contributed by atoms with Gasteiger partial charge in [0.15, 0.2) is 0 Å². The van der Waals surface area contributed by atoms with Crippen molar-refractivity contribution in [3.8, 4) is 0 Å². The van der Waals surface area contributed by atoms with Crippen LogP contribution in [0.1, 0.15) is 22.5 Å². The Morgan fingerprint density at radius 2 is 2.00 bits per heavy atom. The third-order valence-electron chi connectivity index (χ3n) is 5.39. The molecule has 2 aromatic heterocycles. The topological polar surface area (TPSA) is 47.7 Å². The Bertz CT molecular complexity index is 897. The summed E-state index contributed by atoms with van der Waals surface area (Å²) in [5, 5.41) is 6.39. The summed E-state index contributed by atoms with van der Waals surface area (Å²) in [6.45, 7) is 6.22. The molecule has 1 amide bonds. The van der Waals surface area contributed by atoms with Crippen molar-refractivity contribution in [1.82, 2.24) is 9.88 Å². The summed E-state index contributed by atoms with van der Waals surface area (Å²) in [5.41, 5.74) is 2.13. The molecule has 0 unspecified atom stereocenters. The summed E-state index contributed by atoms with van der Waals surface area (Å²) >= 11 is 1.71. The zero-order chi connectivity index (χ0) is 19.2. The molecule has 1 aliphatic heterocycles. The highest BCUT2D eigenvalue weighted by molar-refractivity contribution is 7.16. The van der Waals surface area contributed by atoms with E-state index in [4.69, 9.17) is 4.74 Å². The first-order valence-corrected chi connectivity index (χ1v) is 11.0. The third kappa shape index (κ3) is 4.63. The molecule has 0 radical (unpaired) electrons. The van der Waals surface area contributed by atoms with Gasteiger partial charge in [0, 0.05) is 11.9 Å². The van der Waals surface area contributed by atoms with Crippen molar-refractivity contribution in [3.63, 3.8) is 0 Å². The molecule has 0 saturated carbocycles. The Kier molecular flexibility index (Phi) is 6.41. The number of nitrogens with one attached hydrogen (secondary N) is 2. The number of benzene rings is 1. The molecule has 1 aromatic carbocycles. The van der Waals surface area contributed by atoms with E-state index >= 15 is 0 Å². The van der Waals surface area contributed by atoms with Crippen LogP contribution in [0.5, 0.6) is 0 Å². The lowest BCUT2D eigenvalue weighted by molar-refractivity contribution is -0.906. The van der Waals surface area contributed by atoms with E-state index in [1.54, 1.807) is 11.3 Å². The predicted octanol–water partition coefficient (Wildman–Crippen LogP) is 1.98. The predicted molar refractivity (Wildman–Crippen MR) is 113 cm³/mol. The molecule has 3 aromatic rings. The average Bonchev–Trinajstić information content (AvgIpc) is 3.32. The van der Waals surface area contributed by atoms with Crippen LogP contribution in [-0.2, 0) is 17.7 Å². The second-order valence-corrected chi connectivity index (χ2v) is 8.21. The summed E-state index contributed by atoms with van der Waals surface area (Å²) < 4.78 is 7.59. The Labute approximate surface area is 169 Å². The van der Waals surface area contributed by atoms with Crippen LogP contribution >= 0.6 is 11.3 Å². The van der Waals surface area contributed by atoms with Crippen molar-refractivity contribution in [2.24, 2.45) is 0 Å². The lowest BCUT2D eigenvalue weighted by atomic mass is 10.1. The van der Waals surface area contributed by atoms with Crippen LogP contribution in [0.25, 0.3) is 10.2 Å². The van der Waals surface area contributed by atoms with Crippen molar-refractivity contribution in [2.75, 3.05) is 39.4 Å². The van der Waals surface area contributed by atoms with Gasteiger partial charge < -0.3 is 19.5 Å². The van der Waals surface area contributed by atoms with Crippen LogP contribution < -0.4 is 10.2 Å². The Morgan fingerprint density at radius 1 is 1.18 bits per heavy atom. The second-order valence-electron chi connectivity index (χ2n) is 7.32. The van der Waals surface area contributed by atoms with Crippen molar-refractivity contribution in [1.29, 1.82) is 0 Å². The fourth-order valence-electron chi connectivity index (χ4n) is 3.82. The van der Waals surface area contributed by atoms with Gasteiger partial charge in [-0.15, -0.1) is 11.3 Å². The van der Waals surface area contributed by atoms with E-state index < -0.39 is 0 Å². The van der Waals surface area contributed by atoms with Crippen LogP contribution in [0.4, 0.5) is 0 Å². The third-order valence-corrected chi connectivity index (χ3v) is 6.34. The molecule has 6 heteroatoms. The van der Waals surface area contributed by atoms with Gasteiger partial charge in [0.05, 0.1) is 26.3 Å². The van der Waals surface area contributed by atoms with Gasteiger partial charge in [-0.25, -0.2) is 0 Å². The first-order chi connectivity index (χ1) is 13.8. The van der Waals surface area contributed by atoms with Crippen LogP contribution in [0.3, 0.4) is 0 Å². The summed E-state index contributed by atoms with van der Waals surface area (Å²) in [4.78, 5) is 15.5. The maximum atomic E-state index is 12.8. The van der Waals surface area contributed by atoms with Crippen LogP contribution in [0.15, 0.2) is 47.8 Å². The number of aromatic nitrogens is 1. The van der Waals surface area contributed by atoms with E-state index in [2.05, 4.69) is 45.6 Å². The number of thiophene rings is 1. The van der Waals surface area contributed by atoms with Crippen molar-refractivity contribution < 1.29 is 14.4 Å². The van der Waals surface area contributed by atoms with E-state index in [9.17, 15) is 4.79 Å². The maximum Gasteiger partial charge on any atom is 0.268 e. The zero-order valence-electron chi connectivity index (χ0n) is 16.2. The van der Waals surface area contributed by atoms with Gasteiger partial charge in [-0.2, -0.15) is 0 Å². The number of fused-ring (bicyclic) bond motifs is 1. The fraction of sp³-hybridized carbons (Fsp3) is 0.409. The average molecular weight is 399 g/mol. The Balaban J connectivity index is 1.37. The first-order valence-electron chi connectivity index (χ1n) is 10.1. The van der Waals surface area contributed by atoms with Crippen molar-refractivity contribution >= 4 is 27.5 Å². The molecule has 3 heterocycles. The van der Waals surface area contributed by atoms with Crippen LogP contribution in [0, 0.1) is 0 Å². The highest BCUT2D eigenvalue weighted by Gasteiger charge is 2.18. The number of nitrogens with zero attached hydrogens (tertiary/aromatic N) is 1. The van der Waals surface area contributed by atoms with Crippen molar-refractivity contribution in [2.45, 2.75) is 19.4 Å². The van der Waals surface area contributed by atoms with Gasteiger partial charge in [0.1, 0.15) is 23.6 Å².